The normalized spacial score (nSPS) is 22.1. The standard InChI is InChI=1S/C30H40ClN5O4/c1-20(17-40-21(2)29(37)38)35-23-8-6-22(7-9-23)14-24-15-25(26(31)16-33-24)27-4-3-5-28(36-27)34-19-30(18-32)10-12-39-13-11-30/h3-5,15-16,20-23,35H,6-14,17,19H2,1-2H3,(H,34,36)(H,37,38)/t20-,21-,22?,23?/m1/s1. The number of ether oxygens (including phenoxy) is 2. The molecule has 1 aliphatic carbocycles. The van der Waals surface area contributed by atoms with Gasteiger partial charge in [0.1, 0.15) is 5.82 Å². The maximum Gasteiger partial charge on any atom is 0.332 e. The Morgan fingerprint density at radius 1 is 1.27 bits per heavy atom. The van der Waals surface area contributed by atoms with Crippen LogP contribution in [0.2, 0.25) is 5.02 Å². The van der Waals surface area contributed by atoms with Gasteiger partial charge in [0.05, 0.1) is 28.8 Å². The molecule has 4 rings (SSSR count). The van der Waals surface area contributed by atoms with E-state index in [2.05, 4.69) is 27.8 Å². The second kappa shape index (κ2) is 14.2. The van der Waals surface area contributed by atoms with Crippen molar-refractivity contribution >= 4 is 23.4 Å². The van der Waals surface area contributed by atoms with E-state index in [1.54, 1.807) is 13.1 Å². The Morgan fingerprint density at radius 3 is 2.73 bits per heavy atom. The second-order valence-corrected chi connectivity index (χ2v) is 11.6. The number of aromatic nitrogens is 2. The van der Waals surface area contributed by atoms with Crippen LogP contribution in [0.4, 0.5) is 5.82 Å². The number of hydrogen-bond donors (Lipinski definition) is 3. The van der Waals surface area contributed by atoms with Gasteiger partial charge in [-0.25, -0.2) is 9.78 Å². The smallest absolute Gasteiger partial charge is 0.332 e. The Labute approximate surface area is 241 Å². The minimum Gasteiger partial charge on any atom is -0.479 e. The highest BCUT2D eigenvalue weighted by Crippen LogP contribution is 2.32. The molecule has 2 aliphatic rings. The number of rotatable bonds is 12. The summed E-state index contributed by atoms with van der Waals surface area (Å²) in [7, 11) is 0. The van der Waals surface area contributed by atoms with Crippen LogP contribution < -0.4 is 10.6 Å². The molecule has 0 amide bonds. The van der Waals surface area contributed by atoms with E-state index >= 15 is 0 Å². The maximum absolute atomic E-state index is 10.9. The lowest BCUT2D eigenvalue weighted by Crippen LogP contribution is -2.42. The number of aliphatic carboxylic acids is 1. The molecule has 0 radical (unpaired) electrons. The molecule has 0 spiro atoms. The quantitative estimate of drug-likeness (QED) is 0.319. The topological polar surface area (TPSA) is 129 Å². The number of nitriles is 1. The lowest BCUT2D eigenvalue weighted by Gasteiger charge is -2.31. The van der Waals surface area contributed by atoms with Gasteiger partial charge < -0.3 is 25.2 Å². The van der Waals surface area contributed by atoms with Crippen molar-refractivity contribution in [2.24, 2.45) is 11.3 Å². The summed E-state index contributed by atoms with van der Waals surface area (Å²) in [4.78, 5) is 20.4. The first-order valence-corrected chi connectivity index (χ1v) is 14.6. The minimum atomic E-state index is -0.939. The van der Waals surface area contributed by atoms with E-state index in [9.17, 15) is 10.1 Å². The number of halogens is 1. The van der Waals surface area contributed by atoms with Gasteiger partial charge in [0.25, 0.3) is 0 Å². The molecule has 3 heterocycles. The van der Waals surface area contributed by atoms with Crippen molar-refractivity contribution in [3.8, 4) is 17.3 Å². The lowest BCUT2D eigenvalue weighted by atomic mass is 9.82. The van der Waals surface area contributed by atoms with E-state index in [0.29, 0.717) is 56.2 Å². The van der Waals surface area contributed by atoms with E-state index in [4.69, 9.17) is 31.2 Å². The Balaban J connectivity index is 1.31. The zero-order chi connectivity index (χ0) is 28.5. The van der Waals surface area contributed by atoms with Crippen LogP contribution in [0.5, 0.6) is 0 Å². The van der Waals surface area contributed by atoms with Crippen molar-refractivity contribution in [2.45, 2.75) is 77.0 Å². The van der Waals surface area contributed by atoms with E-state index in [1.165, 1.54) is 0 Å². The Hall–Kier alpha value is -2.77. The summed E-state index contributed by atoms with van der Waals surface area (Å²) >= 11 is 6.57. The van der Waals surface area contributed by atoms with Crippen molar-refractivity contribution < 1.29 is 19.4 Å². The molecule has 2 fully saturated rings. The zero-order valence-corrected chi connectivity index (χ0v) is 24.1. The average Bonchev–Trinajstić information content (AvgIpc) is 2.97. The van der Waals surface area contributed by atoms with Crippen molar-refractivity contribution in [2.75, 3.05) is 31.7 Å². The van der Waals surface area contributed by atoms with Gasteiger partial charge in [-0.3, -0.25) is 4.98 Å². The molecule has 0 bridgehead atoms. The molecule has 10 heteroatoms. The molecular weight excluding hydrogens is 530 g/mol. The summed E-state index contributed by atoms with van der Waals surface area (Å²) < 4.78 is 10.9. The first kappa shape index (κ1) is 30.2. The molecule has 1 saturated carbocycles. The van der Waals surface area contributed by atoms with Crippen molar-refractivity contribution in [1.82, 2.24) is 15.3 Å². The van der Waals surface area contributed by atoms with Crippen molar-refractivity contribution in [1.29, 1.82) is 5.26 Å². The molecule has 40 heavy (non-hydrogen) atoms. The Kier molecular flexibility index (Phi) is 10.7. The Morgan fingerprint density at radius 2 is 2.02 bits per heavy atom. The SMILES string of the molecule is C[C@H](CO[C@H](C)C(=O)O)NC1CCC(Cc2cc(-c3cccc(NCC4(C#N)CCOCC4)n3)c(Cl)cn2)CC1. The van der Waals surface area contributed by atoms with E-state index < -0.39 is 17.5 Å². The summed E-state index contributed by atoms with van der Waals surface area (Å²) in [6, 6.07) is 10.9. The number of nitrogens with one attached hydrogen (secondary N) is 2. The van der Waals surface area contributed by atoms with Crippen LogP contribution in [-0.4, -0.2) is 65.6 Å². The summed E-state index contributed by atoms with van der Waals surface area (Å²) in [5.41, 5.74) is 2.21. The van der Waals surface area contributed by atoms with E-state index in [0.717, 1.165) is 54.9 Å². The van der Waals surface area contributed by atoms with Crippen LogP contribution in [0.25, 0.3) is 11.3 Å². The number of hydrogen-bond acceptors (Lipinski definition) is 8. The highest BCUT2D eigenvalue weighted by Gasteiger charge is 2.32. The molecule has 2 aromatic heterocycles. The van der Waals surface area contributed by atoms with Gasteiger partial charge in [-0.15, -0.1) is 0 Å². The van der Waals surface area contributed by atoms with Crippen LogP contribution in [0, 0.1) is 22.7 Å². The molecule has 0 unspecified atom stereocenters. The predicted octanol–water partition coefficient (Wildman–Crippen LogP) is 5.10. The fourth-order valence-electron chi connectivity index (χ4n) is 5.46. The monoisotopic (exact) mass is 569 g/mol. The number of carbonyl (C=O) groups is 1. The molecule has 1 aliphatic heterocycles. The third-order valence-electron chi connectivity index (χ3n) is 8.04. The first-order valence-electron chi connectivity index (χ1n) is 14.2. The summed E-state index contributed by atoms with van der Waals surface area (Å²) in [5, 5.41) is 26.2. The molecule has 216 valence electrons. The molecule has 0 aromatic carbocycles. The number of nitrogens with zero attached hydrogens (tertiary/aromatic N) is 3. The number of carboxylic acids is 1. The Bertz CT molecular complexity index is 1170. The summed E-state index contributed by atoms with van der Waals surface area (Å²) in [6.07, 6.45) is 7.56. The van der Waals surface area contributed by atoms with Crippen LogP contribution in [0.15, 0.2) is 30.5 Å². The maximum atomic E-state index is 10.9. The fraction of sp³-hybridized carbons (Fsp3) is 0.600. The van der Waals surface area contributed by atoms with E-state index in [1.807, 2.05) is 25.1 Å². The van der Waals surface area contributed by atoms with Gasteiger partial charge in [0, 0.05) is 49.3 Å². The van der Waals surface area contributed by atoms with Crippen LogP contribution in [-0.2, 0) is 20.7 Å². The lowest BCUT2D eigenvalue weighted by molar-refractivity contribution is -0.149. The van der Waals surface area contributed by atoms with Gasteiger partial charge in [0.2, 0.25) is 0 Å². The van der Waals surface area contributed by atoms with Crippen molar-refractivity contribution in [3.05, 3.63) is 41.2 Å². The highest BCUT2D eigenvalue weighted by molar-refractivity contribution is 6.33. The largest absolute Gasteiger partial charge is 0.479 e. The highest BCUT2D eigenvalue weighted by atomic mass is 35.5. The average molecular weight is 570 g/mol. The zero-order valence-electron chi connectivity index (χ0n) is 23.4. The van der Waals surface area contributed by atoms with Crippen LogP contribution >= 0.6 is 11.6 Å². The van der Waals surface area contributed by atoms with Gasteiger partial charge >= 0.3 is 5.97 Å². The van der Waals surface area contributed by atoms with Gasteiger partial charge in [-0.05, 0) is 82.9 Å². The third kappa shape index (κ3) is 8.37. The molecule has 2 atom stereocenters. The van der Waals surface area contributed by atoms with Crippen LogP contribution in [0.1, 0.15) is 58.1 Å². The molecule has 1 saturated heterocycles. The molecular formula is C30H40ClN5O4. The fourth-order valence-corrected chi connectivity index (χ4v) is 5.66. The molecule has 2 aromatic rings. The second-order valence-electron chi connectivity index (χ2n) is 11.2. The van der Waals surface area contributed by atoms with Crippen molar-refractivity contribution in [3.63, 3.8) is 0 Å². The number of anilines is 1. The van der Waals surface area contributed by atoms with Crippen LogP contribution in [0.3, 0.4) is 0 Å². The first-order chi connectivity index (χ1) is 19.3. The predicted molar refractivity (Wildman–Crippen MR) is 154 cm³/mol. The summed E-state index contributed by atoms with van der Waals surface area (Å²) in [5.74, 6) is 0.322. The number of pyridine rings is 2. The van der Waals surface area contributed by atoms with Gasteiger partial charge in [-0.1, -0.05) is 17.7 Å². The third-order valence-corrected chi connectivity index (χ3v) is 8.34. The van der Waals surface area contributed by atoms with Gasteiger partial charge in [-0.2, -0.15) is 5.26 Å². The minimum absolute atomic E-state index is 0.101. The van der Waals surface area contributed by atoms with Gasteiger partial charge in [0.15, 0.2) is 6.10 Å². The summed E-state index contributed by atoms with van der Waals surface area (Å²) in [6.45, 7) is 5.72. The molecule has 3 N–H and O–H groups in total. The van der Waals surface area contributed by atoms with E-state index in [-0.39, 0.29) is 6.04 Å². The molecule has 9 nitrogen and oxygen atoms in total. The number of carboxylic acid groups (broad SMARTS) is 1.